The van der Waals surface area contributed by atoms with Gasteiger partial charge in [-0.15, -0.1) is 0 Å². The summed E-state index contributed by atoms with van der Waals surface area (Å²) in [5, 5.41) is 8.39. The topological polar surface area (TPSA) is 71.3 Å². The first-order valence-corrected chi connectivity index (χ1v) is 9.77. The summed E-state index contributed by atoms with van der Waals surface area (Å²) in [6.07, 6.45) is 2.08. The van der Waals surface area contributed by atoms with Gasteiger partial charge in [0.25, 0.3) is 5.91 Å². The first-order valence-electron chi connectivity index (χ1n) is 9.01. The third-order valence-corrected chi connectivity index (χ3v) is 5.09. The Balaban J connectivity index is 1.50. The lowest BCUT2D eigenvalue weighted by atomic mass is 10.1. The molecular weight excluding hydrogens is 399 g/mol. The third-order valence-electron chi connectivity index (χ3n) is 4.61. The molecule has 1 N–H and O–H groups in total. The van der Waals surface area contributed by atoms with Crippen molar-refractivity contribution in [3.8, 4) is 11.4 Å². The summed E-state index contributed by atoms with van der Waals surface area (Å²) < 4.78 is 5.32. The van der Waals surface area contributed by atoms with E-state index in [9.17, 15) is 4.79 Å². The molecule has 0 unspecified atom stereocenters. The number of amides is 1. The van der Waals surface area contributed by atoms with E-state index in [1.54, 1.807) is 30.3 Å². The zero-order chi connectivity index (χ0) is 19.5. The Kier molecular flexibility index (Phi) is 5.50. The fourth-order valence-corrected chi connectivity index (χ4v) is 3.45. The van der Waals surface area contributed by atoms with Crippen molar-refractivity contribution in [3.63, 3.8) is 0 Å². The number of anilines is 1. The SMILES string of the molecule is O=C(c1ccc(Cl)cc1NCc1nc(-c2ccc(Cl)cc2)no1)N1CCCC1. The van der Waals surface area contributed by atoms with Gasteiger partial charge in [-0.1, -0.05) is 28.4 Å². The van der Waals surface area contributed by atoms with Gasteiger partial charge in [0.05, 0.1) is 12.1 Å². The molecule has 2 heterocycles. The molecule has 28 heavy (non-hydrogen) atoms. The van der Waals surface area contributed by atoms with Gasteiger partial charge in [0.2, 0.25) is 11.7 Å². The van der Waals surface area contributed by atoms with Crippen LogP contribution in [0.4, 0.5) is 5.69 Å². The van der Waals surface area contributed by atoms with Gasteiger partial charge < -0.3 is 14.7 Å². The minimum Gasteiger partial charge on any atom is -0.375 e. The molecule has 1 aliphatic rings. The molecule has 4 rings (SSSR count). The van der Waals surface area contributed by atoms with E-state index < -0.39 is 0 Å². The van der Waals surface area contributed by atoms with E-state index in [2.05, 4.69) is 15.5 Å². The Bertz CT molecular complexity index is 982. The zero-order valence-electron chi connectivity index (χ0n) is 15.0. The molecule has 0 bridgehead atoms. The third kappa shape index (κ3) is 4.13. The Hall–Kier alpha value is -2.57. The lowest BCUT2D eigenvalue weighted by molar-refractivity contribution is 0.0793. The number of halogens is 2. The fourth-order valence-electron chi connectivity index (χ4n) is 3.15. The number of hydrogen-bond acceptors (Lipinski definition) is 5. The van der Waals surface area contributed by atoms with Crippen molar-refractivity contribution in [3.05, 3.63) is 64.0 Å². The predicted molar refractivity (Wildman–Crippen MR) is 109 cm³/mol. The standard InChI is InChI=1S/C20H18Cl2N4O2/c21-14-5-3-13(4-6-14)19-24-18(28-25-19)12-23-17-11-15(22)7-8-16(17)20(27)26-9-1-2-10-26/h3-8,11,23H,1-2,9-10,12H2. The van der Waals surface area contributed by atoms with E-state index >= 15 is 0 Å². The van der Waals surface area contributed by atoms with Gasteiger partial charge in [-0.25, -0.2) is 0 Å². The molecule has 3 aromatic rings. The first-order chi connectivity index (χ1) is 13.6. The van der Waals surface area contributed by atoms with Gasteiger partial charge in [0.1, 0.15) is 0 Å². The van der Waals surface area contributed by atoms with Crippen LogP contribution in [0.1, 0.15) is 29.1 Å². The molecule has 1 aromatic heterocycles. The molecule has 2 aromatic carbocycles. The van der Waals surface area contributed by atoms with Crippen LogP contribution in [0.25, 0.3) is 11.4 Å². The number of rotatable bonds is 5. The molecule has 1 aliphatic heterocycles. The van der Waals surface area contributed by atoms with E-state index in [0.29, 0.717) is 33.0 Å². The average molecular weight is 417 g/mol. The van der Waals surface area contributed by atoms with E-state index in [0.717, 1.165) is 31.5 Å². The number of nitrogens with one attached hydrogen (secondary N) is 1. The van der Waals surface area contributed by atoms with Crippen molar-refractivity contribution in [2.24, 2.45) is 0 Å². The molecule has 144 valence electrons. The number of aromatic nitrogens is 2. The Morgan fingerprint density at radius 1 is 1.07 bits per heavy atom. The maximum atomic E-state index is 12.8. The summed E-state index contributed by atoms with van der Waals surface area (Å²) in [5.74, 6) is 0.890. The summed E-state index contributed by atoms with van der Waals surface area (Å²) in [4.78, 5) is 19.0. The van der Waals surface area contributed by atoms with Crippen molar-refractivity contribution in [1.29, 1.82) is 0 Å². The second kappa shape index (κ2) is 8.20. The van der Waals surface area contributed by atoms with Crippen LogP contribution in [0, 0.1) is 0 Å². The number of carbonyl (C=O) groups excluding carboxylic acids is 1. The molecule has 0 atom stereocenters. The summed E-state index contributed by atoms with van der Waals surface area (Å²) in [7, 11) is 0. The van der Waals surface area contributed by atoms with Crippen molar-refractivity contribution in [2.75, 3.05) is 18.4 Å². The number of nitrogens with zero attached hydrogens (tertiary/aromatic N) is 3. The van der Waals surface area contributed by atoms with E-state index in [1.165, 1.54) is 0 Å². The maximum absolute atomic E-state index is 12.8. The highest BCUT2D eigenvalue weighted by Gasteiger charge is 2.22. The van der Waals surface area contributed by atoms with Crippen LogP contribution in [0.3, 0.4) is 0 Å². The van der Waals surface area contributed by atoms with Crippen LogP contribution in [0.5, 0.6) is 0 Å². The molecule has 1 fully saturated rings. The highest BCUT2D eigenvalue weighted by Crippen LogP contribution is 2.25. The van der Waals surface area contributed by atoms with E-state index in [4.69, 9.17) is 27.7 Å². The monoisotopic (exact) mass is 416 g/mol. The van der Waals surface area contributed by atoms with Crippen molar-refractivity contribution >= 4 is 34.8 Å². The van der Waals surface area contributed by atoms with Crippen molar-refractivity contribution in [1.82, 2.24) is 15.0 Å². The normalized spacial score (nSPS) is 13.7. The molecule has 8 heteroatoms. The number of hydrogen-bond donors (Lipinski definition) is 1. The van der Waals surface area contributed by atoms with E-state index in [1.807, 2.05) is 17.0 Å². The Morgan fingerprint density at radius 2 is 1.79 bits per heavy atom. The Labute approximate surface area is 172 Å². The average Bonchev–Trinajstić information content (AvgIpc) is 3.39. The minimum absolute atomic E-state index is 0.00375. The summed E-state index contributed by atoms with van der Waals surface area (Å²) in [6.45, 7) is 1.85. The van der Waals surface area contributed by atoms with Gasteiger partial charge in [-0.3, -0.25) is 4.79 Å². The highest BCUT2D eigenvalue weighted by atomic mass is 35.5. The van der Waals surface area contributed by atoms with E-state index in [-0.39, 0.29) is 12.5 Å². The van der Waals surface area contributed by atoms with Gasteiger partial charge in [0.15, 0.2) is 0 Å². The molecule has 0 spiro atoms. The summed E-state index contributed by atoms with van der Waals surface area (Å²) in [6, 6.07) is 12.4. The molecule has 0 radical (unpaired) electrons. The zero-order valence-corrected chi connectivity index (χ0v) is 16.5. The minimum atomic E-state index is 0.00375. The lowest BCUT2D eigenvalue weighted by Gasteiger charge is -2.18. The summed E-state index contributed by atoms with van der Waals surface area (Å²) in [5.41, 5.74) is 2.05. The quantitative estimate of drug-likeness (QED) is 0.640. The molecular formula is C20H18Cl2N4O2. The molecule has 0 saturated carbocycles. The van der Waals surface area contributed by atoms with Crippen LogP contribution in [-0.4, -0.2) is 34.0 Å². The molecule has 0 aliphatic carbocycles. The van der Waals surface area contributed by atoms with Gasteiger partial charge >= 0.3 is 0 Å². The highest BCUT2D eigenvalue weighted by molar-refractivity contribution is 6.31. The van der Waals surface area contributed by atoms with Gasteiger partial charge in [-0.2, -0.15) is 4.98 Å². The van der Waals surface area contributed by atoms with Crippen LogP contribution in [0.15, 0.2) is 47.0 Å². The smallest absolute Gasteiger partial charge is 0.255 e. The molecule has 6 nitrogen and oxygen atoms in total. The first kappa shape index (κ1) is 18.8. The number of benzene rings is 2. The van der Waals surface area contributed by atoms with Crippen LogP contribution in [-0.2, 0) is 6.54 Å². The van der Waals surface area contributed by atoms with Gasteiger partial charge in [0, 0.05) is 34.4 Å². The molecule has 1 amide bonds. The maximum Gasteiger partial charge on any atom is 0.255 e. The lowest BCUT2D eigenvalue weighted by Crippen LogP contribution is -2.28. The Morgan fingerprint density at radius 3 is 2.54 bits per heavy atom. The summed E-state index contributed by atoms with van der Waals surface area (Å²) >= 11 is 12.0. The number of carbonyl (C=O) groups is 1. The molecule has 1 saturated heterocycles. The largest absolute Gasteiger partial charge is 0.375 e. The van der Waals surface area contributed by atoms with Gasteiger partial charge in [-0.05, 0) is 55.3 Å². The number of likely N-dealkylation sites (tertiary alicyclic amines) is 1. The van der Waals surface area contributed by atoms with Crippen LogP contribution >= 0.6 is 23.2 Å². The van der Waals surface area contributed by atoms with Crippen molar-refractivity contribution in [2.45, 2.75) is 19.4 Å². The van der Waals surface area contributed by atoms with Crippen LogP contribution < -0.4 is 5.32 Å². The second-order valence-electron chi connectivity index (χ2n) is 6.56. The van der Waals surface area contributed by atoms with Crippen molar-refractivity contribution < 1.29 is 9.32 Å². The fraction of sp³-hybridized carbons (Fsp3) is 0.250. The second-order valence-corrected chi connectivity index (χ2v) is 7.43. The predicted octanol–water partition coefficient (Wildman–Crippen LogP) is 4.89. The van der Waals surface area contributed by atoms with Crippen LogP contribution in [0.2, 0.25) is 10.0 Å².